The number of carbonyl (C=O) groups excluding carboxylic acids is 1. The van der Waals surface area contributed by atoms with Gasteiger partial charge in [-0.15, -0.1) is 0 Å². The molecule has 88 valence electrons. The fraction of sp³-hybridized carbons (Fsp3) is 0.800. The lowest BCUT2D eigenvalue weighted by atomic mass is 10.1. The molecule has 0 aromatic heterocycles. The molecule has 5 heteroatoms. The van der Waals surface area contributed by atoms with E-state index in [0.717, 1.165) is 0 Å². The summed E-state index contributed by atoms with van der Waals surface area (Å²) < 4.78 is 0. The first-order valence-electron chi connectivity index (χ1n) is 5.18. The summed E-state index contributed by atoms with van der Waals surface area (Å²) in [5, 5.41) is 13.8. The van der Waals surface area contributed by atoms with Crippen LogP contribution in [0.15, 0.2) is 0 Å². The smallest absolute Gasteiger partial charge is 0.326 e. The topological polar surface area (TPSA) is 78.4 Å². The van der Waals surface area contributed by atoms with Crippen LogP contribution in [0.3, 0.4) is 0 Å². The van der Waals surface area contributed by atoms with Crippen LogP contribution in [0.25, 0.3) is 0 Å². The van der Waals surface area contributed by atoms with Crippen molar-refractivity contribution in [1.82, 2.24) is 10.6 Å². The van der Waals surface area contributed by atoms with Crippen LogP contribution in [0.1, 0.15) is 34.1 Å². The maximum Gasteiger partial charge on any atom is 0.326 e. The van der Waals surface area contributed by atoms with Crippen LogP contribution in [-0.2, 0) is 4.79 Å². The normalized spacial score (nSPS) is 14.5. The van der Waals surface area contributed by atoms with E-state index in [1.54, 1.807) is 6.92 Å². The molecule has 0 fully saturated rings. The van der Waals surface area contributed by atoms with Gasteiger partial charge < -0.3 is 15.7 Å². The largest absolute Gasteiger partial charge is 0.480 e. The Bertz CT molecular complexity index is 229. The molecule has 0 aliphatic carbocycles. The molecule has 0 radical (unpaired) electrons. The van der Waals surface area contributed by atoms with Crippen molar-refractivity contribution in [1.29, 1.82) is 0 Å². The minimum Gasteiger partial charge on any atom is -0.480 e. The molecule has 0 saturated carbocycles. The molecule has 0 aliphatic heterocycles. The number of hydrogen-bond donors (Lipinski definition) is 3. The number of carboxylic acid groups (broad SMARTS) is 1. The quantitative estimate of drug-likeness (QED) is 0.646. The van der Waals surface area contributed by atoms with E-state index >= 15 is 0 Å². The summed E-state index contributed by atoms with van der Waals surface area (Å²) in [6.07, 6.45) is 0.374. The van der Waals surface area contributed by atoms with Gasteiger partial charge in [-0.05, 0) is 19.3 Å². The molecule has 0 spiro atoms. The Hall–Kier alpha value is -1.26. The second kappa shape index (κ2) is 6.27. The number of urea groups is 1. The van der Waals surface area contributed by atoms with Gasteiger partial charge in [-0.25, -0.2) is 9.59 Å². The van der Waals surface area contributed by atoms with Crippen molar-refractivity contribution in [3.63, 3.8) is 0 Å². The monoisotopic (exact) mass is 216 g/mol. The van der Waals surface area contributed by atoms with Crippen molar-refractivity contribution in [3.8, 4) is 0 Å². The first-order chi connectivity index (χ1) is 6.88. The average molecular weight is 216 g/mol. The van der Waals surface area contributed by atoms with E-state index in [9.17, 15) is 9.59 Å². The molecule has 1 unspecified atom stereocenters. The van der Waals surface area contributed by atoms with Crippen LogP contribution in [0.5, 0.6) is 0 Å². The zero-order valence-corrected chi connectivity index (χ0v) is 9.70. The fourth-order valence-corrected chi connectivity index (χ4v) is 0.912. The molecule has 0 bridgehead atoms. The second-order valence-corrected chi connectivity index (χ2v) is 3.95. The van der Waals surface area contributed by atoms with Gasteiger partial charge in [0.05, 0.1) is 0 Å². The van der Waals surface area contributed by atoms with Crippen molar-refractivity contribution in [2.75, 3.05) is 0 Å². The summed E-state index contributed by atoms with van der Waals surface area (Å²) in [5.41, 5.74) is 0. The Labute approximate surface area is 90.2 Å². The standard InChI is InChI=1S/C10H20N2O3/c1-5-8(9(13)14)12-10(15)11-7(4)6(2)3/h6-8H,5H2,1-4H3,(H,13,14)(H2,11,12,15)/t7?,8-/m0/s1. The number of rotatable bonds is 5. The van der Waals surface area contributed by atoms with Crippen LogP contribution in [0.4, 0.5) is 4.79 Å². The van der Waals surface area contributed by atoms with E-state index < -0.39 is 18.0 Å². The molecule has 0 saturated heterocycles. The maximum absolute atomic E-state index is 11.3. The van der Waals surface area contributed by atoms with Crippen LogP contribution in [0.2, 0.25) is 0 Å². The van der Waals surface area contributed by atoms with Gasteiger partial charge in [-0.1, -0.05) is 20.8 Å². The fourth-order valence-electron chi connectivity index (χ4n) is 0.912. The lowest BCUT2D eigenvalue weighted by molar-refractivity contribution is -0.139. The lowest BCUT2D eigenvalue weighted by Gasteiger charge is -2.19. The van der Waals surface area contributed by atoms with E-state index in [2.05, 4.69) is 10.6 Å². The molecule has 2 amide bonds. The highest BCUT2D eigenvalue weighted by Gasteiger charge is 2.18. The molecule has 0 aliphatic rings. The number of aliphatic carboxylic acids is 1. The number of nitrogens with one attached hydrogen (secondary N) is 2. The van der Waals surface area contributed by atoms with Gasteiger partial charge in [0.15, 0.2) is 0 Å². The summed E-state index contributed by atoms with van der Waals surface area (Å²) in [4.78, 5) is 22.0. The van der Waals surface area contributed by atoms with Gasteiger partial charge in [0.2, 0.25) is 0 Å². The Kier molecular flexibility index (Phi) is 5.74. The third-order valence-corrected chi connectivity index (χ3v) is 2.37. The van der Waals surface area contributed by atoms with Gasteiger partial charge in [-0.3, -0.25) is 0 Å². The molecule has 0 rings (SSSR count). The maximum atomic E-state index is 11.3. The Morgan fingerprint density at radius 2 is 1.73 bits per heavy atom. The van der Waals surface area contributed by atoms with Gasteiger partial charge in [0.25, 0.3) is 0 Å². The molecule has 0 aromatic carbocycles. The molecule has 0 aromatic rings. The van der Waals surface area contributed by atoms with Crippen molar-refractivity contribution >= 4 is 12.0 Å². The Morgan fingerprint density at radius 3 is 2.07 bits per heavy atom. The second-order valence-electron chi connectivity index (χ2n) is 3.95. The van der Waals surface area contributed by atoms with Gasteiger partial charge in [0.1, 0.15) is 6.04 Å². The first kappa shape index (κ1) is 13.7. The molecular formula is C10H20N2O3. The van der Waals surface area contributed by atoms with E-state index in [4.69, 9.17) is 5.11 Å². The number of amides is 2. The van der Waals surface area contributed by atoms with Gasteiger partial charge in [-0.2, -0.15) is 0 Å². The summed E-state index contributed by atoms with van der Waals surface area (Å²) in [7, 11) is 0. The third-order valence-electron chi connectivity index (χ3n) is 2.37. The highest BCUT2D eigenvalue weighted by molar-refractivity contribution is 5.82. The van der Waals surface area contributed by atoms with Crippen LogP contribution in [-0.4, -0.2) is 29.2 Å². The number of hydrogen-bond acceptors (Lipinski definition) is 2. The minimum atomic E-state index is -1.01. The third kappa shape index (κ3) is 5.24. The highest BCUT2D eigenvalue weighted by Crippen LogP contribution is 1.99. The Morgan fingerprint density at radius 1 is 1.20 bits per heavy atom. The van der Waals surface area contributed by atoms with Gasteiger partial charge >= 0.3 is 12.0 Å². The molecule has 0 heterocycles. The van der Waals surface area contributed by atoms with Crippen molar-refractivity contribution in [2.24, 2.45) is 5.92 Å². The molecule has 2 atom stereocenters. The predicted octanol–water partition coefficient (Wildman–Crippen LogP) is 1.19. The predicted molar refractivity (Wildman–Crippen MR) is 57.7 cm³/mol. The van der Waals surface area contributed by atoms with E-state index in [1.165, 1.54) is 0 Å². The molecule has 3 N–H and O–H groups in total. The van der Waals surface area contributed by atoms with Crippen molar-refractivity contribution in [2.45, 2.75) is 46.2 Å². The van der Waals surface area contributed by atoms with Crippen LogP contribution >= 0.6 is 0 Å². The van der Waals surface area contributed by atoms with Crippen molar-refractivity contribution < 1.29 is 14.7 Å². The summed E-state index contributed by atoms with van der Waals surface area (Å²) in [5.74, 6) is -0.689. The minimum absolute atomic E-state index is 0.0244. The molecule has 15 heavy (non-hydrogen) atoms. The van der Waals surface area contributed by atoms with E-state index in [1.807, 2.05) is 20.8 Å². The summed E-state index contributed by atoms with van der Waals surface area (Å²) >= 11 is 0. The van der Waals surface area contributed by atoms with E-state index in [0.29, 0.717) is 12.3 Å². The number of carboxylic acids is 1. The lowest BCUT2D eigenvalue weighted by Crippen LogP contribution is -2.49. The zero-order chi connectivity index (χ0) is 12.0. The number of carbonyl (C=O) groups is 2. The zero-order valence-electron chi connectivity index (χ0n) is 9.70. The molecule has 5 nitrogen and oxygen atoms in total. The van der Waals surface area contributed by atoms with Crippen molar-refractivity contribution in [3.05, 3.63) is 0 Å². The highest BCUT2D eigenvalue weighted by atomic mass is 16.4. The first-order valence-corrected chi connectivity index (χ1v) is 5.18. The van der Waals surface area contributed by atoms with Gasteiger partial charge in [0, 0.05) is 6.04 Å². The SMILES string of the molecule is CC[C@H](NC(=O)NC(C)C(C)C)C(=O)O. The summed E-state index contributed by atoms with van der Waals surface area (Å²) in [6.45, 7) is 7.57. The van der Waals surface area contributed by atoms with Crippen LogP contribution in [0, 0.1) is 5.92 Å². The Balaban J connectivity index is 4.07. The summed E-state index contributed by atoms with van der Waals surface area (Å²) in [6, 6.07) is -1.22. The van der Waals surface area contributed by atoms with Crippen LogP contribution < -0.4 is 10.6 Å². The molecular weight excluding hydrogens is 196 g/mol. The van der Waals surface area contributed by atoms with E-state index in [-0.39, 0.29) is 6.04 Å². The average Bonchev–Trinajstić information content (AvgIpc) is 2.13.